The lowest BCUT2D eigenvalue weighted by molar-refractivity contribution is 0.0929. The van der Waals surface area contributed by atoms with Gasteiger partial charge in [0.15, 0.2) is 11.6 Å². The van der Waals surface area contributed by atoms with Gasteiger partial charge in [0.25, 0.3) is 5.91 Å². The van der Waals surface area contributed by atoms with E-state index in [-0.39, 0.29) is 29.6 Å². The van der Waals surface area contributed by atoms with E-state index in [0.717, 1.165) is 56.3 Å². The minimum Gasteiger partial charge on any atom is -0.494 e. The van der Waals surface area contributed by atoms with Gasteiger partial charge < -0.3 is 20.7 Å². The van der Waals surface area contributed by atoms with Crippen LogP contribution in [0.3, 0.4) is 0 Å². The van der Waals surface area contributed by atoms with Crippen LogP contribution in [0, 0.1) is 5.82 Å². The van der Waals surface area contributed by atoms with E-state index in [1.807, 2.05) is 18.2 Å². The lowest BCUT2D eigenvalue weighted by Gasteiger charge is -2.23. The molecule has 0 aromatic heterocycles. The molecule has 6 heteroatoms. The van der Waals surface area contributed by atoms with Crippen LogP contribution in [-0.2, 0) is 0 Å². The Morgan fingerprint density at radius 2 is 1.81 bits per heavy atom. The number of nitrogens with one attached hydrogen (secondary N) is 3. The Balaban J connectivity index is 1.30. The molecule has 1 unspecified atom stereocenters. The molecule has 1 amide bonds. The third-order valence-electron chi connectivity index (χ3n) is 6.91. The van der Waals surface area contributed by atoms with E-state index in [2.05, 4.69) is 35.0 Å². The second-order valence-corrected chi connectivity index (χ2v) is 9.11. The molecule has 2 aromatic rings. The lowest BCUT2D eigenvalue weighted by atomic mass is 9.96. The number of methoxy groups -OCH3 is 1. The number of amides is 1. The Morgan fingerprint density at radius 1 is 1.06 bits per heavy atom. The molecular weight excluding hydrogens is 405 g/mol. The van der Waals surface area contributed by atoms with Crippen molar-refractivity contribution in [1.29, 1.82) is 0 Å². The summed E-state index contributed by atoms with van der Waals surface area (Å²) < 4.78 is 18.8. The molecule has 2 aromatic carbocycles. The molecule has 1 heterocycles. The Bertz CT molecular complexity index is 912. The van der Waals surface area contributed by atoms with E-state index >= 15 is 0 Å². The molecule has 2 aliphatic rings. The summed E-state index contributed by atoms with van der Waals surface area (Å²) in [5.41, 5.74) is 3.05. The van der Waals surface area contributed by atoms with Crippen molar-refractivity contribution < 1.29 is 13.9 Å². The predicted octanol–water partition coefficient (Wildman–Crippen LogP) is 4.30. The maximum absolute atomic E-state index is 13.7. The number of carbonyl (C=O) groups excluding carboxylic acids is 1. The first-order valence-corrected chi connectivity index (χ1v) is 11.7. The molecule has 1 saturated heterocycles. The highest BCUT2D eigenvalue weighted by Crippen LogP contribution is 2.36. The Morgan fingerprint density at radius 3 is 2.53 bits per heavy atom. The van der Waals surface area contributed by atoms with E-state index in [1.165, 1.54) is 18.7 Å². The van der Waals surface area contributed by atoms with Crippen LogP contribution in [0.25, 0.3) is 0 Å². The third kappa shape index (κ3) is 5.48. The summed E-state index contributed by atoms with van der Waals surface area (Å²) in [4.78, 5) is 12.5. The molecule has 3 atom stereocenters. The van der Waals surface area contributed by atoms with Gasteiger partial charge in [-0.05, 0) is 93.4 Å². The fourth-order valence-corrected chi connectivity index (χ4v) is 4.97. The number of hydrogen-bond donors (Lipinski definition) is 3. The van der Waals surface area contributed by atoms with Gasteiger partial charge in [-0.1, -0.05) is 18.2 Å². The van der Waals surface area contributed by atoms with Crippen molar-refractivity contribution >= 4 is 5.91 Å². The molecule has 5 nitrogen and oxygen atoms in total. The number of rotatable bonds is 7. The normalized spacial score (nSPS) is 22.5. The molecule has 0 radical (unpaired) electrons. The molecule has 0 bridgehead atoms. The van der Waals surface area contributed by atoms with Crippen LogP contribution < -0.4 is 20.7 Å². The van der Waals surface area contributed by atoms with E-state index in [4.69, 9.17) is 4.74 Å². The molecular formula is C26H34FN3O2. The van der Waals surface area contributed by atoms with E-state index in [1.54, 1.807) is 6.07 Å². The smallest absolute Gasteiger partial charge is 0.251 e. The van der Waals surface area contributed by atoms with Crippen molar-refractivity contribution in [2.75, 3.05) is 20.2 Å². The van der Waals surface area contributed by atoms with E-state index in [0.29, 0.717) is 12.0 Å². The first-order valence-electron chi connectivity index (χ1n) is 11.7. The summed E-state index contributed by atoms with van der Waals surface area (Å²) >= 11 is 0. The highest BCUT2D eigenvalue weighted by Gasteiger charge is 2.27. The number of benzene rings is 2. The van der Waals surface area contributed by atoms with Gasteiger partial charge in [0.1, 0.15) is 0 Å². The molecule has 1 aliphatic carbocycles. The van der Waals surface area contributed by atoms with Crippen molar-refractivity contribution in [3.05, 3.63) is 65.0 Å². The molecule has 172 valence electrons. The summed E-state index contributed by atoms with van der Waals surface area (Å²) in [5.74, 6) is 0.462. The van der Waals surface area contributed by atoms with Crippen LogP contribution in [0.4, 0.5) is 4.39 Å². The van der Waals surface area contributed by atoms with Gasteiger partial charge in [0.05, 0.1) is 7.11 Å². The van der Waals surface area contributed by atoms with Gasteiger partial charge in [-0.25, -0.2) is 4.39 Å². The van der Waals surface area contributed by atoms with Gasteiger partial charge in [0, 0.05) is 23.7 Å². The van der Waals surface area contributed by atoms with Crippen LogP contribution in [0.15, 0.2) is 42.5 Å². The second-order valence-electron chi connectivity index (χ2n) is 9.11. The molecule has 1 aliphatic heterocycles. The number of hydrogen-bond acceptors (Lipinski definition) is 4. The van der Waals surface area contributed by atoms with Crippen LogP contribution in [0.1, 0.15) is 72.5 Å². The lowest BCUT2D eigenvalue weighted by Crippen LogP contribution is -2.42. The minimum atomic E-state index is -0.336. The largest absolute Gasteiger partial charge is 0.494 e. The van der Waals surface area contributed by atoms with Crippen molar-refractivity contribution in [3.63, 3.8) is 0 Å². The minimum absolute atomic E-state index is 0.0259. The zero-order valence-electron chi connectivity index (χ0n) is 19.0. The second kappa shape index (κ2) is 10.5. The Hall–Kier alpha value is -2.44. The van der Waals surface area contributed by atoms with Crippen LogP contribution in [-0.4, -0.2) is 38.2 Å². The standard InChI is InChI=1S/C26H34FN3O2/c1-17(20-8-10-24(27)25(16-20)32-2)29-23-9-7-21(15-23)18-3-5-19(6-4-18)26(31)30-22-11-13-28-14-12-22/h3-6,8,10,16-17,21-23,28-29H,7,9,11-15H2,1-2H3,(H,30,31)/t17-,21?,23+/m1/s1. The maximum atomic E-state index is 13.7. The highest BCUT2D eigenvalue weighted by molar-refractivity contribution is 5.94. The summed E-state index contributed by atoms with van der Waals surface area (Å²) in [7, 11) is 1.49. The molecule has 3 N–H and O–H groups in total. The van der Waals surface area contributed by atoms with Crippen LogP contribution in [0.2, 0.25) is 0 Å². The average Bonchev–Trinajstić information content (AvgIpc) is 3.28. The predicted molar refractivity (Wildman–Crippen MR) is 125 cm³/mol. The van der Waals surface area contributed by atoms with Crippen molar-refractivity contribution in [1.82, 2.24) is 16.0 Å². The monoisotopic (exact) mass is 439 g/mol. The number of ether oxygens (including phenoxy) is 1. The fraction of sp³-hybridized carbons (Fsp3) is 0.500. The summed E-state index contributed by atoms with van der Waals surface area (Å²) in [6.45, 7) is 4.04. The van der Waals surface area contributed by atoms with Gasteiger partial charge >= 0.3 is 0 Å². The first kappa shape index (κ1) is 22.7. The topological polar surface area (TPSA) is 62.4 Å². The first-order chi connectivity index (χ1) is 15.5. The Kier molecular flexibility index (Phi) is 7.43. The van der Waals surface area contributed by atoms with Crippen LogP contribution >= 0.6 is 0 Å². The number of carbonyl (C=O) groups is 1. The van der Waals surface area contributed by atoms with Gasteiger partial charge in [0.2, 0.25) is 0 Å². The van der Waals surface area contributed by atoms with Crippen molar-refractivity contribution in [3.8, 4) is 5.75 Å². The molecule has 2 fully saturated rings. The van der Waals surface area contributed by atoms with E-state index in [9.17, 15) is 9.18 Å². The summed E-state index contributed by atoms with van der Waals surface area (Å²) in [5, 5.41) is 10.2. The molecule has 32 heavy (non-hydrogen) atoms. The Labute approximate surface area is 190 Å². The van der Waals surface area contributed by atoms with Crippen LogP contribution in [0.5, 0.6) is 5.75 Å². The quantitative estimate of drug-likeness (QED) is 0.602. The number of piperidine rings is 1. The third-order valence-corrected chi connectivity index (χ3v) is 6.91. The highest BCUT2D eigenvalue weighted by atomic mass is 19.1. The van der Waals surface area contributed by atoms with Gasteiger partial charge in [-0.3, -0.25) is 4.79 Å². The van der Waals surface area contributed by atoms with Crippen molar-refractivity contribution in [2.45, 2.75) is 63.1 Å². The van der Waals surface area contributed by atoms with Gasteiger partial charge in [-0.2, -0.15) is 0 Å². The van der Waals surface area contributed by atoms with Crippen molar-refractivity contribution in [2.24, 2.45) is 0 Å². The fourth-order valence-electron chi connectivity index (χ4n) is 4.97. The zero-order valence-corrected chi connectivity index (χ0v) is 19.0. The molecule has 0 spiro atoms. The molecule has 1 saturated carbocycles. The van der Waals surface area contributed by atoms with Gasteiger partial charge in [-0.15, -0.1) is 0 Å². The number of halogens is 1. The SMILES string of the molecule is COc1cc([C@@H](C)N[C@H]2CCC(c3ccc(C(=O)NC4CCNCC4)cc3)C2)ccc1F. The maximum Gasteiger partial charge on any atom is 0.251 e. The van der Waals surface area contributed by atoms with E-state index < -0.39 is 0 Å². The zero-order chi connectivity index (χ0) is 22.5. The average molecular weight is 440 g/mol. The summed E-state index contributed by atoms with van der Waals surface area (Å²) in [6, 6.07) is 14.0. The summed E-state index contributed by atoms with van der Waals surface area (Å²) in [6.07, 6.45) is 5.26. The molecule has 4 rings (SSSR count).